The van der Waals surface area contributed by atoms with Crippen LogP contribution in [0.15, 0.2) is 42.5 Å². The lowest BCUT2D eigenvalue weighted by atomic mass is 10.1. The molecule has 5 nitrogen and oxygen atoms in total. The summed E-state index contributed by atoms with van der Waals surface area (Å²) >= 11 is 0. The molecule has 0 aliphatic carbocycles. The van der Waals surface area contributed by atoms with Crippen molar-refractivity contribution in [2.75, 3.05) is 18.1 Å². The molecule has 1 saturated heterocycles. The minimum absolute atomic E-state index is 0.0654. The van der Waals surface area contributed by atoms with Crippen LogP contribution in [0.5, 0.6) is 0 Å². The summed E-state index contributed by atoms with van der Waals surface area (Å²) in [7, 11) is 0. The summed E-state index contributed by atoms with van der Waals surface area (Å²) in [5.74, 6) is -5.66. The van der Waals surface area contributed by atoms with Gasteiger partial charge in [-0.25, -0.2) is 13.2 Å². The van der Waals surface area contributed by atoms with E-state index >= 15 is 0 Å². The molecule has 1 fully saturated rings. The normalized spacial score (nSPS) is 16.5. The zero-order valence-corrected chi connectivity index (χ0v) is 14.0. The van der Waals surface area contributed by atoms with Crippen LogP contribution < -0.4 is 4.90 Å². The first-order valence-electron chi connectivity index (χ1n) is 8.06. The summed E-state index contributed by atoms with van der Waals surface area (Å²) in [5, 5.41) is 0. The number of hydrogen-bond donors (Lipinski definition) is 0. The first-order chi connectivity index (χ1) is 12.9. The number of Topliss-reactive ketones (excluding diaryl/α,β-unsaturated/α-hetero) is 1. The zero-order valence-electron chi connectivity index (χ0n) is 14.0. The molecule has 0 radical (unpaired) electrons. The van der Waals surface area contributed by atoms with Gasteiger partial charge in [-0.15, -0.1) is 0 Å². The molecule has 2 aromatic rings. The van der Waals surface area contributed by atoms with Crippen molar-refractivity contribution in [1.82, 2.24) is 0 Å². The molecule has 1 atom stereocenters. The van der Waals surface area contributed by atoms with Crippen molar-refractivity contribution in [2.24, 2.45) is 5.92 Å². The molecule has 3 rings (SSSR count). The molecule has 1 aliphatic heterocycles. The van der Waals surface area contributed by atoms with Crippen LogP contribution in [0, 0.1) is 23.4 Å². The van der Waals surface area contributed by atoms with Gasteiger partial charge in [-0.05, 0) is 30.3 Å². The molecule has 1 amide bonds. The number of anilines is 1. The van der Waals surface area contributed by atoms with E-state index in [1.807, 2.05) is 0 Å². The molecule has 0 N–H and O–H groups in total. The van der Waals surface area contributed by atoms with Crippen molar-refractivity contribution < 1.29 is 32.3 Å². The van der Waals surface area contributed by atoms with E-state index in [9.17, 15) is 27.6 Å². The average molecular weight is 377 g/mol. The number of para-hydroxylation sites is 1. The van der Waals surface area contributed by atoms with Crippen LogP contribution in [-0.2, 0) is 14.3 Å². The first-order valence-corrected chi connectivity index (χ1v) is 8.06. The predicted octanol–water partition coefficient (Wildman–Crippen LogP) is 2.88. The van der Waals surface area contributed by atoms with Crippen LogP contribution >= 0.6 is 0 Å². The summed E-state index contributed by atoms with van der Waals surface area (Å²) in [6, 6.07) is 8.26. The Labute approximate surface area is 152 Å². The second-order valence-corrected chi connectivity index (χ2v) is 6.02. The van der Waals surface area contributed by atoms with Gasteiger partial charge < -0.3 is 9.64 Å². The van der Waals surface area contributed by atoms with E-state index in [4.69, 9.17) is 4.74 Å². The third-order valence-corrected chi connectivity index (χ3v) is 4.19. The number of carbonyl (C=O) groups excluding carboxylic acids is 3. The largest absolute Gasteiger partial charge is 0.457 e. The molecule has 8 heteroatoms. The van der Waals surface area contributed by atoms with E-state index in [1.54, 1.807) is 6.07 Å². The Morgan fingerprint density at radius 2 is 1.78 bits per heavy atom. The van der Waals surface area contributed by atoms with Gasteiger partial charge in [-0.1, -0.05) is 12.1 Å². The van der Waals surface area contributed by atoms with Crippen LogP contribution in [0.3, 0.4) is 0 Å². The Morgan fingerprint density at radius 3 is 2.48 bits per heavy atom. The van der Waals surface area contributed by atoms with Crippen molar-refractivity contribution in [3.63, 3.8) is 0 Å². The van der Waals surface area contributed by atoms with Gasteiger partial charge in [0.05, 0.1) is 11.6 Å². The van der Waals surface area contributed by atoms with Gasteiger partial charge in [-0.3, -0.25) is 14.4 Å². The van der Waals surface area contributed by atoms with Crippen molar-refractivity contribution in [3.05, 3.63) is 65.5 Å². The van der Waals surface area contributed by atoms with Gasteiger partial charge in [0.1, 0.15) is 5.82 Å². The summed E-state index contributed by atoms with van der Waals surface area (Å²) in [6.07, 6.45) is -0.174. The van der Waals surface area contributed by atoms with E-state index in [-0.39, 0.29) is 24.2 Å². The van der Waals surface area contributed by atoms with Crippen LogP contribution in [0.4, 0.5) is 18.9 Å². The highest BCUT2D eigenvalue weighted by molar-refractivity contribution is 6.01. The number of ketones is 1. The molecule has 0 spiro atoms. The van der Waals surface area contributed by atoms with E-state index in [0.717, 1.165) is 17.0 Å². The molecule has 2 aromatic carbocycles. The number of rotatable bonds is 5. The molecule has 0 bridgehead atoms. The van der Waals surface area contributed by atoms with Gasteiger partial charge in [-0.2, -0.15) is 0 Å². The lowest BCUT2D eigenvalue weighted by Crippen LogP contribution is -2.27. The Morgan fingerprint density at radius 1 is 1.04 bits per heavy atom. The number of halogens is 3. The van der Waals surface area contributed by atoms with E-state index in [0.29, 0.717) is 6.07 Å². The fourth-order valence-electron chi connectivity index (χ4n) is 2.78. The summed E-state index contributed by atoms with van der Waals surface area (Å²) < 4.78 is 44.8. The maximum absolute atomic E-state index is 13.8. The van der Waals surface area contributed by atoms with Crippen molar-refractivity contribution >= 4 is 23.3 Å². The number of carbonyl (C=O) groups is 3. The molecular weight excluding hydrogens is 363 g/mol. The van der Waals surface area contributed by atoms with Crippen LogP contribution in [0.2, 0.25) is 0 Å². The lowest BCUT2D eigenvalue weighted by Gasteiger charge is -2.17. The molecule has 0 unspecified atom stereocenters. The summed E-state index contributed by atoms with van der Waals surface area (Å²) in [5.41, 5.74) is -0.0761. The number of amides is 1. The number of benzene rings is 2. The van der Waals surface area contributed by atoms with Gasteiger partial charge in [0.25, 0.3) is 0 Å². The van der Waals surface area contributed by atoms with Gasteiger partial charge >= 0.3 is 5.97 Å². The molecule has 0 aromatic heterocycles. The van der Waals surface area contributed by atoms with Crippen LogP contribution in [0.25, 0.3) is 0 Å². The minimum atomic E-state index is -1.19. The lowest BCUT2D eigenvalue weighted by molar-refractivity contribution is -0.147. The number of hydrogen-bond acceptors (Lipinski definition) is 4. The third-order valence-electron chi connectivity index (χ3n) is 4.19. The van der Waals surface area contributed by atoms with Crippen LogP contribution in [0.1, 0.15) is 16.8 Å². The maximum atomic E-state index is 13.8. The molecule has 27 heavy (non-hydrogen) atoms. The van der Waals surface area contributed by atoms with E-state index in [1.165, 1.54) is 18.2 Å². The highest BCUT2D eigenvalue weighted by Gasteiger charge is 2.37. The summed E-state index contributed by atoms with van der Waals surface area (Å²) in [6.45, 7) is -0.744. The smallest absolute Gasteiger partial charge is 0.311 e. The zero-order chi connectivity index (χ0) is 19.6. The average Bonchev–Trinajstić information content (AvgIpc) is 3.03. The van der Waals surface area contributed by atoms with Gasteiger partial charge in [0.15, 0.2) is 24.0 Å². The van der Waals surface area contributed by atoms with Crippen LogP contribution in [-0.4, -0.2) is 30.8 Å². The fraction of sp³-hybridized carbons (Fsp3) is 0.211. The van der Waals surface area contributed by atoms with Crippen molar-refractivity contribution in [1.29, 1.82) is 0 Å². The quantitative estimate of drug-likeness (QED) is 0.594. The monoisotopic (exact) mass is 377 g/mol. The van der Waals surface area contributed by atoms with Crippen molar-refractivity contribution in [3.8, 4) is 0 Å². The molecule has 1 aliphatic rings. The fourth-order valence-corrected chi connectivity index (χ4v) is 2.78. The minimum Gasteiger partial charge on any atom is -0.457 e. The number of ether oxygens (including phenoxy) is 1. The standard InChI is InChI=1S/C19H14F3NO4/c20-13-6-5-11(7-15(13)22)17(24)10-27-19(26)12-8-18(25)23(9-12)16-4-2-1-3-14(16)21/h1-7,12H,8-10H2/t12-/m0/s1. The topological polar surface area (TPSA) is 63.7 Å². The Kier molecular flexibility index (Phi) is 5.25. The molecule has 140 valence electrons. The third kappa shape index (κ3) is 3.99. The predicted molar refractivity (Wildman–Crippen MR) is 88.5 cm³/mol. The summed E-state index contributed by atoms with van der Waals surface area (Å²) in [4.78, 5) is 37.3. The second kappa shape index (κ2) is 7.61. The Hall–Kier alpha value is -3.16. The molecular formula is C19H14F3NO4. The van der Waals surface area contributed by atoms with E-state index < -0.39 is 47.6 Å². The van der Waals surface area contributed by atoms with Crippen molar-refractivity contribution in [2.45, 2.75) is 6.42 Å². The maximum Gasteiger partial charge on any atom is 0.311 e. The first kappa shape index (κ1) is 18.6. The Bertz CT molecular complexity index is 916. The highest BCUT2D eigenvalue weighted by atomic mass is 19.2. The molecule has 0 saturated carbocycles. The SMILES string of the molecule is O=C(COC(=O)[C@H]1CC(=O)N(c2ccccc2F)C1)c1ccc(F)c(F)c1. The van der Waals surface area contributed by atoms with Gasteiger partial charge in [0.2, 0.25) is 5.91 Å². The van der Waals surface area contributed by atoms with E-state index in [2.05, 4.69) is 0 Å². The second-order valence-electron chi connectivity index (χ2n) is 6.02. The Balaban J connectivity index is 1.60. The number of nitrogens with zero attached hydrogens (tertiary/aromatic N) is 1. The van der Waals surface area contributed by atoms with Gasteiger partial charge in [0, 0.05) is 18.5 Å². The highest BCUT2D eigenvalue weighted by Crippen LogP contribution is 2.27. The number of esters is 1. The molecule has 1 heterocycles.